The molecule has 0 unspecified atom stereocenters. The first kappa shape index (κ1) is 18.5. The Morgan fingerprint density at radius 3 is 2.57 bits per heavy atom. The molecule has 0 saturated heterocycles. The van der Waals surface area contributed by atoms with Crippen LogP contribution in [0.2, 0.25) is 0 Å². The standard InChI is InChI=1S/C22H17IN2O3/c1-13-7-9-20-18(11-13)25(2)22(27)16-12-14(8-10-19(16)28-20)24-21(26)15-5-3-4-6-17(15)23/h3-12H,1-2H3,(H,24,26). The zero-order valence-corrected chi connectivity index (χ0v) is 17.5. The largest absolute Gasteiger partial charge is 0.454 e. The van der Waals surface area contributed by atoms with Gasteiger partial charge < -0.3 is 15.0 Å². The minimum absolute atomic E-state index is 0.190. The average molecular weight is 484 g/mol. The third-order valence-electron chi connectivity index (χ3n) is 4.59. The minimum Gasteiger partial charge on any atom is -0.454 e. The zero-order valence-electron chi connectivity index (χ0n) is 15.3. The van der Waals surface area contributed by atoms with Crippen molar-refractivity contribution >= 4 is 45.8 Å². The predicted molar refractivity (Wildman–Crippen MR) is 118 cm³/mol. The lowest BCUT2D eigenvalue weighted by Crippen LogP contribution is -2.25. The highest BCUT2D eigenvalue weighted by Gasteiger charge is 2.26. The summed E-state index contributed by atoms with van der Waals surface area (Å²) in [5.74, 6) is 0.673. The van der Waals surface area contributed by atoms with Crippen LogP contribution < -0.4 is 15.0 Å². The van der Waals surface area contributed by atoms with Gasteiger partial charge in [0.2, 0.25) is 0 Å². The van der Waals surface area contributed by atoms with Gasteiger partial charge in [-0.15, -0.1) is 0 Å². The molecule has 5 nitrogen and oxygen atoms in total. The van der Waals surface area contributed by atoms with E-state index in [0.29, 0.717) is 34.0 Å². The van der Waals surface area contributed by atoms with Gasteiger partial charge in [0.25, 0.3) is 11.8 Å². The summed E-state index contributed by atoms with van der Waals surface area (Å²) in [5.41, 5.74) is 3.28. The highest BCUT2D eigenvalue weighted by Crippen LogP contribution is 2.39. The number of hydrogen-bond donors (Lipinski definition) is 1. The van der Waals surface area contributed by atoms with Gasteiger partial charge in [-0.05, 0) is 77.5 Å². The first-order valence-corrected chi connectivity index (χ1v) is 9.78. The number of anilines is 2. The van der Waals surface area contributed by atoms with Gasteiger partial charge >= 0.3 is 0 Å². The molecule has 3 aromatic carbocycles. The molecule has 28 heavy (non-hydrogen) atoms. The van der Waals surface area contributed by atoms with Crippen molar-refractivity contribution in [3.63, 3.8) is 0 Å². The summed E-state index contributed by atoms with van der Waals surface area (Å²) < 4.78 is 6.84. The third-order valence-corrected chi connectivity index (χ3v) is 5.53. The maximum absolute atomic E-state index is 13.0. The van der Waals surface area contributed by atoms with Gasteiger partial charge in [-0.3, -0.25) is 9.59 Å². The van der Waals surface area contributed by atoms with E-state index in [1.807, 2.05) is 43.3 Å². The zero-order chi connectivity index (χ0) is 19.8. The Bertz CT molecular complexity index is 1110. The monoisotopic (exact) mass is 484 g/mol. The molecule has 0 atom stereocenters. The lowest BCUT2D eigenvalue weighted by molar-refractivity contribution is 0.0990. The van der Waals surface area contributed by atoms with Crippen LogP contribution in [0.5, 0.6) is 11.5 Å². The van der Waals surface area contributed by atoms with Crippen molar-refractivity contribution in [1.82, 2.24) is 0 Å². The Balaban J connectivity index is 1.68. The van der Waals surface area contributed by atoms with Crippen molar-refractivity contribution in [3.8, 4) is 11.5 Å². The fourth-order valence-electron chi connectivity index (χ4n) is 3.09. The van der Waals surface area contributed by atoms with Crippen molar-refractivity contribution < 1.29 is 14.3 Å². The van der Waals surface area contributed by atoms with Crippen molar-refractivity contribution in [2.75, 3.05) is 17.3 Å². The predicted octanol–water partition coefficient (Wildman–Crippen LogP) is 5.23. The summed E-state index contributed by atoms with van der Waals surface area (Å²) in [6.07, 6.45) is 0. The number of ether oxygens (including phenoxy) is 1. The van der Waals surface area contributed by atoms with Gasteiger partial charge in [0.15, 0.2) is 5.75 Å². The second-order valence-electron chi connectivity index (χ2n) is 6.58. The van der Waals surface area contributed by atoms with Crippen molar-refractivity contribution in [3.05, 3.63) is 80.9 Å². The Morgan fingerprint density at radius 1 is 1.04 bits per heavy atom. The molecule has 0 bridgehead atoms. The number of aryl methyl sites for hydroxylation is 1. The summed E-state index contributed by atoms with van der Waals surface area (Å²) in [6, 6.07) is 18.2. The Morgan fingerprint density at radius 2 is 1.79 bits per heavy atom. The van der Waals surface area contributed by atoms with E-state index >= 15 is 0 Å². The van der Waals surface area contributed by atoms with Crippen LogP contribution in [0.15, 0.2) is 60.7 Å². The van der Waals surface area contributed by atoms with E-state index in [4.69, 9.17) is 4.74 Å². The first-order chi connectivity index (χ1) is 13.4. The van der Waals surface area contributed by atoms with Crippen LogP contribution in [0.3, 0.4) is 0 Å². The lowest BCUT2D eigenvalue weighted by atomic mass is 10.1. The van der Waals surface area contributed by atoms with E-state index in [9.17, 15) is 9.59 Å². The van der Waals surface area contributed by atoms with E-state index < -0.39 is 0 Å². The number of carbonyl (C=O) groups excluding carboxylic acids is 2. The van der Waals surface area contributed by atoms with Gasteiger partial charge in [-0.1, -0.05) is 18.2 Å². The highest BCUT2D eigenvalue weighted by atomic mass is 127. The topological polar surface area (TPSA) is 58.6 Å². The van der Waals surface area contributed by atoms with Crippen LogP contribution in [0.4, 0.5) is 11.4 Å². The molecule has 1 heterocycles. The molecule has 3 aromatic rings. The van der Waals surface area contributed by atoms with E-state index in [1.165, 1.54) is 0 Å². The normalized spacial score (nSPS) is 12.5. The second kappa shape index (κ2) is 7.27. The quantitative estimate of drug-likeness (QED) is 0.507. The number of nitrogens with zero attached hydrogens (tertiary/aromatic N) is 1. The molecule has 1 N–H and O–H groups in total. The summed E-state index contributed by atoms with van der Waals surface area (Å²) in [5, 5.41) is 2.87. The van der Waals surface area contributed by atoms with Crippen molar-refractivity contribution in [1.29, 1.82) is 0 Å². The van der Waals surface area contributed by atoms with Gasteiger partial charge in [0.1, 0.15) is 5.75 Å². The van der Waals surface area contributed by atoms with Crippen molar-refractivity contribution in [2.24, 2.45) is 0 Å². The molecule has 0 radical (unpaired) electrons. The molecule has 1 aliphatic rings. The number of amides is 2. The molecule has 4 rings (SSSR count). The number of carbonyl (C=O) groups is 2. The van der Waals surface area contributed by atoms with E-state index in [2.05, 4.69) is 27.9 Å². The number of benzene rings is 3. The summed E-state index contributed by atoms with van der Waals surface area (Å²) in [7, 11) is 1.72. The molecule has 0 fully saturated rings. The van der Waals surface area contributed by atoms with Crippen LogP contribution >= 0.6 is 22.6 Å². The van der Waals surface area contributed by atoms with Gasteiger partial charge in [0, 0.05) is 16.3 Å². The molecule has 0 aliphatic carbocycles. The van der Waals surface area contributed by atoms with Gasteiger partial charge in [-0.25, -0.2) is 0 Å². The first-order valence-electron chi connectivity index (χ1n) is 8.70. The van der Waals surface area contributed by atoms with Crippen molar-refractivity contribution in [2.45, 2.75) is 6.92 Å². The van der Waals surface area contributed by atoms with Crippen LogP contribution in [-0.4, -0.2) is 18.9 Å². The molecule has 1 aliphatic heterocycles. The summed E-state index contributed by atoms with van der Waals surface area (Å²) in [4.78, 5) is 27.2. The lowest BCUT2D eigenvalue weighted by Gasteiger charge is -2.16. The Hall–Kier alpha value is -2.87. The van der Waals surface area contributed by atoms with Gasteiger partial charge in [-0.2, -0.15) is 0 Å². The fraction of sp³-hybridized carbons (Fsp3) is 0.0909. The Kier molecular flexibility index (Phi) is 4.80. The van der Waals surface area contributed by atoms with Gasteiger partial charge in [0.05, 0.1) is 16.8 Å². The van der Waals surface area contributed by atoms with E-state index in [-0.39, 0.29) is 11.8 Å². The minimum atomic E-state index is -0.223. The molecule has 2 amide bonds. The summed E-state index contributed by atoms with van der Waals surface area (Å²) >= 11 is 2.13. The number of fused-ring (bicyclic) bond motifs is 2. The highest BCUT2D eigenvalue weighted by molar-refractivity contribution is 14.1. The van der Waals surface area contributed by atoms with Crippen LogP contribution in [0.25, 0.3) is 0 Å². The molecule has 0 aromatic heterocycles. The fourth-order valence-corrected chi connectivity index (χ4v) is 3.72. The number of hydrogen-bond acceptors (Lipinski definition) is 3. The van der Waals surface area contributed by atoms with E-state index in [0.717, 1.165) is 9.13 Å². The molecule has 0 spiro atoms. The molecule has 140 valence electrons. The maximum Gasteiger partial charge on any atom is 0.261 e. The van der Waals surface area contributed by atoms with Crippen LogP contribution in [0.1, 0.15) is 26.3 Å². The number of rotatable bonds is 2. The maximum atomic E-state index is 13.0. The molecule has 6 heteroatoms. The Labute approximate surface area is 176 Å². The summed E-state index contributed by atoms with van der Waals surface area (Å²) in [6.45, 7) is 1.97. The molecule has 0 saturated carbocycles. The number of nitrogens with one attached hydrogen (secondary N) is 1. The second-order valence-corrected chi connectivity index (χ2v) is 7.74. The van der Waals surface area contributed by atoms with Crippen LogP contribution in [0, 0.1) is 10.5 Å². The average Bonchev–Trinajstić information content (AvgIpc) is 2.78. The molecular weight excluding hydrogens is 467 g/mol. The third kappa shape index (κ3) is 3.35. The van der Waals surface area contributed by atoms with Crippen LogP contribution in [-0.2, 0) is 0 Å². The molecular formula is C22H17IN2O3. The number of halogens is 1. The SMILES string of the molecule is Cc1ccc2c(c1)N(C)C(=O)c1cc(NC(=O)c3ccccc3I)ccc1O2. The smallest absolute Gasteiger partial charge is 0.261 e. The van der Waals surface area contributed by atoms with E-state index in [1.54, 1.807) is 36.2 Å².